The maximum Gasteiger partial charge on any atom is 0.168 e. The van der Waals surface area contributed by atoms with Crippen molar-refractivity contribution >= 4 is 0 Å². The molecular formula is C11H15F2NO. The van der Waals surface area contributed by atoms with Crippen LogP contribution in [0.1, 0.15) is 24.8 Å². The van der Waals surface area contributed by atoms with Crippen molar-refractivity contribution in [2.75, 3.05) is 13.7 Å². The molecule has 15 heavy (non-hydrogen) atoms. The normalized spacial score (nSPS) is 12.6. The second kappa shape index (κ2) is 5.07. The third-order valence-corrected chi connectivity index (χ3v) is 2.37. The van der Waals surface area contributed by atoms with E-state index in [-0.39, 0.29) is 11.7 Å². The molecule has 0 aliphatic rings. The number of nitrogens with two attached hydrogens (primary N) is 1. The van der Waals surface area contributed by atoms with E-state index in [2.05, 4.69) is 0 Å². The third kappa shape index (κ3) is 2.65. The SMILES string of the molecule is COc1c(F)cc(F)cc1C(C)CCN. The molecule has 0 heterocycles. The predicted octanol–water partition coefficient (Wildman–Crippen LogP) is 2.43. The Morgan fingerprint density at radius 3 is 2.60 bits per heavy atom. The van der Waals surface area contributed by atoms with Crippen molar-refractivity contribution in [1.29, 1.82) is 0 Å². The van der Waals surface area contributed by atoms with E-state index < -0.39 is 11.6 Å². The van der Waals surface area contributed by atoms with Crippen LogP contribution >= 0.6 is 0 Å². The summed E-state index contributed by atoms with van der Waals surface area (Å²) in [5, 5.41) is 0. The Morgan fingerprint density at radius 2 is 2.07 bits per heavy atom. The maximum absolute atomic E-state index is 13.3. The first-order valence-electron chi connectivity index (χ1n) is 4.83. The van der Waals surface area contributed by atoms with Crippen LogP contribution < -0.4 is 10.5 Å². The minimum absolute atomic E-state index is 0.0184. The highest BCUT2D eigenvalue weighted by Gasteiger charge is 2.16. The maximum atomic E-state index is 13.3. The molecule has 0 spiro atoms. The summed E-state index contributed by atoms with van der Waals surface area (Å²) in [6, 6.07) is 2.11. The molecule has 2 nitrogen and oxygen atoms in total. The molecule has 1 aromatic rings. The van der Waals surface area contributed by atoms with Gasteiger partial charge in [-0.1, -0.05) is 6.92 Å². The Labute approximate surface area is 88.0 Å². The number of hydrogen-bond donors (Lipinski definition) is 1. The zero-order valence-electron chi connectivity index (χ0n) is 8.89. The lowest BCUT2D eigenvalue weighted by molar-refractivity contribution is 0.374. The van der Waals surface area contributed by atoms with Gasteiger partial charge in [0.2, 0.25) is 0 Å². The molecule has 0 bridgehead atoms. The van der Waals surface area contributed by atoms with E-state index in [1.54, 1.807) is 0 Å². The Bertz CT molecular complexity index is 342. The standard InChI is InChI=1S/C11H15F2NO/c1-7(3-4-14)9-5-8(12)6-10(13)11(9)15-2/h5-7H,3-4,14H2,1-2H3. The van der Waals surface area contributed by atoms with Crippen molar-refractivity contribution in [2.24, 2.45) is 5.73 Å². The summed E-state index contributed by atoms with van der Waals surface area (Å²) in [6.07, 6.45) is 0.666. The fraction of sp³-hybridized carbons (Fsp3) is 0.455. The number of ether oxygens (including phenoxy) is 1. The largest absolute Gasteiger partial charge is 0.493 e. The average molecular weight is 215 g/mol. The molecule has 0 aromatic heterocycles. The molecule has 1 unspecified atom stereocenters. The molecule has 1 aromatic carbocycles. The van der Waals surface area contributed by atoms with Crippen molar-refractivity contribution in [3.63, 3.8) is 0 Å². The van der Waals surface area contributed by atoms with Crippen molar-refractivity contribution in [3.05, 3.63) is 29.3 Å². The topological polar surface area (TPSA) is 35.2 Å². The van der Waals surface area contributed by atoms with Gasteiger partial charge < -0.3 is 10.5 Å². The Kier molecular flexibility index (Phi) is 4.03. The van der Waals surface area contributed by atoms with Gasteiger partial charge in [-0.05, 0) is 24.9 Å². The van der Waals surface area contributed by atoms with Gasteiger partial charge in [0.15, 0.2) is 11.6 Å². The van der Waals surface area contributed by atoms with Crippen LogP contribution in [-0.4, -0.2) is 13.7 Å². The number of halogens is 2. The van der Waals surface area contributed by atoms with E-state index in [9.17, 15) is 8.78 Å². The van der Waals surface area contributed by atoms with Gasteiger partial charge in [0.05, 0.1) is 7.11 Å². The third-order valence-electron chi connectivity index (χ3n) is 2.37. The number of benzene rings is 1. The van der Waals surface area contributed by atoms with Crippen molar-refractivity contribution < 1.29 is 13.5 Å². The van der Waals surface area contributed by atoms with Gasteiger partial charge >= 0.3 is 0 Å². The van der Waals surface area contributed by atoms with Crippen molar-refractivity contribution in [1.82, 2.24) is 0 Å². The summed E-state index contributed by atoms with van der Waals surface area (Å²) in [4.78, 5) is 0. The van der Waals surface area contributed by atoms with E-state index in [1.807, 2.05) is 6.92 Å². The van der Waals surface area contributed by atoms with Gasteiger partial charge in [-0.15, -0.1) is 0 Å². The highest BCUT2D eigenvalue weighted by molar-refractivity contribution is 5.38. The second-order valence-corrected chi connectivity index (χ2v) is 3.49. The molecule has 4 heteroatoms. The zero-order chi connectivity index (χ0) is 11.4. The summed E-state index contributed by atoms with van der Waals surface area (Å²) < 4.78 is 31.2. The molecule has 0 amide bonds. The summed E-state index contributed by atoms with van der Waals surface area (Å²) in [5.74, 6) is -1.17. The molecule has 0 saturated carbocycles. The highest BCUT2D eigenvalue weighted by Crippen LogP contribution is 2.31. The molecule has 1 rings (SSSR count). The molecule has 0 aliphatic heterocycles. The van der Waals surface area contributed by atoms with Gasteiger partial charge in [-0.3, -0.25) is 0 Å². The zero-order valence-corrected chi connectivity index (χ0v) is 8.89. The first-order valence-corrected chi connectivity index (χ1v) is 4.83. The van der Waals surface area contributed by atoms with Crippen LogP contribution in [0.2, 0.25) is 0 Å². The van der Waals surface area contributed by atoms with E-state index >= 15 is 0 Å². The van der Waals surface area contributed by atoms with Crippen LogP contribution in [0, 0.1) is 11.6 Å². The second-order valence-electron chi connectivity index (χ2n) is 3.49. The smallest absolute Gasteiger partial charge is 0.168 e. The Morgan fingerprint density at radius 1 is 1.40 bits per heavy atom. The van der Waals surface area contributed by atoms with E-state index in [1.165, 1.54) is 13.2 Å². The molecule has 0 saturated heterocycles. The summed E-state index contributed by atoms with van der Waals surface area (Å²) in [7, 11) is 1.37. The van der Waals surface area contributed by atoms with Gasteiger partial charge in [-0.2, -0.15) is 0 Å². The summed E-state index contributed by atoms with van der Waals surface area (Å²) >= 11 is 0. The van der Waals surface area contributed by atoms with E-state index in [0.717, 1.165) is 6.07 Å². The molecular weight excluding hydrogens is 200 g/mol. The van der Waals surface area contributed by atoms with Gasteiger partial charge in [0, 0.05) is 11.6 Å². The first-order chi connectivity index (χ1) is 7.10. The van der Waals surface area contributed by atoms with Crippen molar-refractivity contribution in [2.45, 2.75) is 19.3 Å². The van der Waals surface area contributed by atoms with Crippen molar-refractivity contribution in [3.8, 4) is 5.75 Å². The number of methoxy groups -OCH3 is 1. The Hall–Kier alpha value is -1.16. The van der Waals surface area contributed by atoms with Crippen LogP contribution in [-0.2, 0) is 0 Å². The molecule has 0 aliphatic carbocycles. The lowest BCUT2D eigenvalue weighted by Gasteiger charge is -2.15. The minimum atomic E-state index is -0.670. The number of hydrogen-bond acceptors (Lipinski definition) is 2. The van der Waals surface area contributed by atoms with Crippen LogP contribution in [0.4, 0.5) is 8.78 Å². The van der Waals surface area contributed by atoms with E-state index in [0.29, 0.717) is 18.5 Å². The van der Waals surface area contributed by atoms with Crippen LogP contribution in [0.5, 0.6) is 5.75 Å². The quantitative estimate of drug-likeness (QED) is 0.837. The predicted molar refractivity (Wildman–Crippen MR) is 55.0 cm³/mol. The lowest BCUT2D eigenvalue weighted by Crippen LogP contribution is -2.07. The van der Waals surface area contributed by atoms with Crippen LogP contribution in [0.25, 0.3) is 0 Å². The molecule has 0 radical (unpaired) electrons. The van der Waals surface area contributed by atoms with Gasteiger partial charge in [0.25, 0.3) is 0 Å². The van der Waals surface area contributed by atoms with Crippen LogP contribution in [0.15, 0.2) is 12.1 Å². The molecule has 84 valence electrons. The van der Waals surface area contributed by atoms with E-state index in [4.69, 9.17) is 10.5 Å². The first kappa shape index (κ1) is 11.9. The lowest BCUT2D eigenvalue weighted by atomic mass is 9.96. The van der Waals surface area contributed by atoms with Crippen LogP contribution in [0.3, 0.4) is 0 Å². The summed E-state index contributed by atoms with van der Waals surface area (Å²) in [6.45, 7) is 2.34. The molecule has 0 fully saturated rings. The fourth-order valence-corrected chi connectivity index (χ4v) is 1.57. The monoisotopic (exact) mass is 215 g/mol. The summed E-state index contributed by atoms with van der Waals surface area (Å²) in [5.41, 5.74) is 5.93. The average Bonchev–Trinajstić information content (AvgIpc) is 2.17. The fourth-order valence-electron chi connectivity index (χ4n) is 1.57. The Balaban J connectivity index is 3.13. The van der Waals surface area contributed by atoms with Gasteiger partial charge in [0.1, 0.15) is 5.82 Å². The minimum Gasteiger partial charge on any atom is -0.493 e. The highest BCUT2D eigenvalue weighted by atomic mass is 19.1. The molecule has 2 N–H and O–H groups in total. The van der Waals surface area contributed by atoms with Gasteiger partial charge in [-0.25, -0.2) is 8.78 Å². The molecule has 1 atom stereocenters. The number of rotatable bonds is 4.